The van der Waals surface area contributed by atoms with Crippen molar-refractivity contribution in [2.45, 2.75) is 47.1 Å². The number of aryl methyl sites for hydroxylation is 1. The Bertz CT molecular complexity index is 1080. The molecule has 0 bridgehead atoms. The van der Waals surface area contributed by atoms with Crippen molar-refractivity contribution in [3.63, 3.8) is 0 Å². The molecule has 6 nitrogen and oxygen atoms in total. The molecule has 2 heterocycles. The van der Waals surface area contributed by atoms with Crippen LogP contribution in [0.4, 0.5) is 5.69 Å². The van der Waals surface area contributed by atoms with Crippen LogP contribution in [0.3, 0.4) is 0 Å². The molecule has 2 N–H and O–H groups in total. The van der Waals surface area contributed by atoms with Gasteiger partial charge in [-0.1, -0.05) is 45.9 Å². The fourth-order valence-electron chi connectivity index (χ4n) is 3.57. The van der Waals surface area contributed by atoms with Gasteiger partial charge in [0.1, 0.15) is 11.8 Å². The van der Waals surface area contributed by atoms with Gasteiger partial charge in [0.05, 0.1) is 12.6 Å². The van der Waals surface area contributed by atoms with Gasteiger partial charge in [0, 0.05) is 28.3 Å². The van der Waals surface area contributed by atoms with Gasteiger partial charge in [-0.25, -0.2) is 4.98 Å². The number of ether oxygens (including phenoxy) is 1. The molecule has 0 aliphatic heterocycles. The van der Waals surface area contributed by atoms with Gasteiger partial charge in [0.25, 0.3) is 0 Å². The lowest BCUT2D eigenvalue weighted by Gasteiger charge is -2.26. The Labute approximate surface area is 177 Å². The van der Waals surface area contributed by atoms with E-state index in [-0.39, 0.29) is 11.8 Å². The molecule has 3 aromatic rings. The third-order valence-electron chi connectivity index (χ3n) is 5.23. The number of nitrogens with zero attached hydrogens (tertiary/aromatic N) is 2. The maximum atomic E-state index is 12.8. The number of aliphatic hydroxyl groups excluding tert-OH is 1. The Morgan fingerprint density at radius 1 is 1.23 bits per heavy atom. The second kappa shape index (κ2) is 8.40. The molecule has 1 amide bonds. The fourth-order valence-corrected chi connectivity index (χ4v) is 3.57. The number of amides is 1. The second-order valence-corrected chi connectivity index (χ2v) is 8.35. The molecule has 1 atom stereocenters. The van der Waals surface area contributed by atoms with Crippen LogP contribution in [0.2, 0.25) is 0 Å². The molecular formula is C24H29N3O3. The van der Waals surface area contributed by atoms with Crippen molar-refractivity contribution in [1.82, 2.24) is 9.97 Å². The van der Waals surface area contributed by atoms with Crippen LogP contribution in [0.5, 0.6) is 5.88 Å². The molecule has 0 saturated carbocycles. The highest BCUT2D eigenvalue weighted by molar-refractivity contribution is 5.97. The van der Waals surface area contributed by atoms with E-state index in [1.165, 1.54) is 7.11 Å². The Balaban J connectivity index is 2.28. The van der Waals surface area contributed by atoms with Crippen molar-refractivity contribution >= 4 is 22.5 Å². The number of aromatic nitrogens is 2. The molecule has 0 spiro atoms. The summed E-state index contributed by atoms with van der Waals surface area (Å²) in [4.78, 5) is 21.8. The van der Waals surface area contributed by atoms with Crippen LogP contribution in [-0.4, -0.2) is 28.1 Å². The average molecular weight is 408 g/mol. The minimum atomic E-state index is -0.987. The number of fused-ring (bicyclic) bond motifs is 1. The molecule has 0 saturated heterocycles. The number of hydrogen-bond donors (Lipinski definition) is 2. The molecule has 158 valence electrons. The van der Waals surface area contributed by atoms with Gasteiger partial charge in [0.2, 0.25) is 11.8 Å². The molecule has 0 radical (unpaired) electrons. The predicted molar refractivity (Wildman–Crippen MR) is 119 cm³/mol. The summed E-state index contributed by atoms with van der Waals surface area (Å²) in [5.74, 6) is 0.108. The second-order valence-electron chi connectivity index (χ2n) is 8.35. The van der Waals surface area contributed by atoms with Crippen molar-refractivity contribution < 1.29 is 14.6 Å². The summed E-state index contributed by atoms with van der Waals surface area (Å²) in [6, 6.07) is 9.49. The number of hydrogen-bond acceptors (Lipinski definition) is 5. The van der Waals surface area contributed by atoms with Crippen molar-refractivity contribution in [2.24, 2.45) is 5.41 Å². The SMILES string of the molecule is CCc1c(C)nc(OC)c(NC(=O)C(C)(C)C)c1C(O)c1ccnc2ccccc12. The lowest BCUT2D eigenvalue weighted by Crippen LogP contribution is -2.29. The number of para-hydroxylation sites is 1. The first-order valence-corrected chi connectivity index (χ1v) is 10.1. The summed E-state index contributed by atoms with van der Waals surface area (Å²) in [5, 5.41) is 15.4. The first-order valence-electron chi connectivity index (χ1n) is 10.1. The topological polar surface area (TPSA) is 84.3 Å². The zero-order valence-electron chi connectivity index (χ0n) is 18.4. The number of pyridine rings is 2. The zero-order chi connectivity index (χ0) is 22.1. The van der Waals surface area contributed by atoms with Crippen molar-refractivity contribution in [1.29, 1.82) is 0 Å². The van der Waals surface area contributed by atoms with Crippen molar-refractivity contribution in [3.8, 4) is 5.88 Å². The number of anilines is 1. The van der Waals surface area contributed by atoms with E-state index in [1.54, 1.807) is 6.20 Å². The van der Waals surface area contributed by atoms with Gasteiger partial charge in [-0.05, 0) is 36.6 Å². The first kappa shape index (κ1) is 21.7. The highest BCUT2D eigenvalue weighted by atomic mass is 16.5. The predicted octanol–water partition coefficient (Wildman–Crippen LogP) is 4.58. The zero-order valence-corrected chi connectivity index (χ0v) is 18.4. The van der Waals surface area contributed by atoms with Gasteiger partial charge >= 0.3 is 0 Å². The van der Waals surface area contributed by atoms with Gasteiger partial charge in [-0.15, -0.1) is 0 Å². The minimum absolute atomic E-state index is 0.179. The van der Waals surface area contributed by atoms with Crippen LogP contribution < -0.4 is 10.1 Å². The van der Waals surface area contributed by atoms with E-state index in [9.17, 15) is 9.90 Å². The van der Waals surface area contributed by atoms with E-state index in [0.29, 0.717) is 23.2 Å². The van der Waals surface area contributed by atoms with Crippen LogP contribution in [0, 0.1) is 12.3 Å². The standard InChI is InChI=1S/C24H29N3O3/c1-7-15-14(2)26-22(30-6)20(27-23(29)24(3,4)5)19(15)21(28)17-12-13-25-18-11-9-8-10-16(17)18/h8-13,21,28H,7H2,1-6H3,(H,27,29). The van der Waals surface area contributed by atoms with E-state index >= 15 is 0 Å². The summed E-state index contributed by atoms with van der Waals surface area (Å²) in [5.41, 5.74) is 3.56. The summed E-state index contributed by atoms with van der Waals surface area (Å²) >= 11 is 0. The van der Waals surface area contributed by atoms with Gasteiger partial charge in [-0.3, -0.25) is 9.78 Å². The molecule has 2 aromatic heterocycles. The minimum Gasteiger partial charge on any atom is -0.479 e. The van der Waals surface area contributed by atoms with Crippen LogP contribution in [0.1, 0.15) is 56.2 Å². The van der Waals surface area contributed by atoms with Crippen molar-refractivity contribution in [3.05, 3.63) is 58.9 Å². The van der Waals surface area contributed by atoms with Crippen LogP contribution in [0.15, 0.2) is 36.5 Å². The molecule has 30 heavy (non-hydrogen) atoms. The maximum absolute atomic E-state index is 12.8. The van der Waals surface area contributed by atoms with Crippen LogP contribution in [-0.2, 0) is 11.2 Å². The number of carbonyl (C=O) groups is 1. The van der Waals surface area contributed by atoms with Gasteiger partial charge in [-0.2, -0.15) is 0 Å². The summed E-state index contributed by atoms with van der Waals surface area (Å²) in [7, 11) is 1.51. The maximum Gasteiger partial charge on any atom is 0.238 e. The number of aliphatic hydroxyl groups is 1. The smallest absolute Gasteiger partial charge is 0.238 e. The Hall–Kier alpha value is -2.99. The third-order valence-corrected chi connectivity index (χ3v) is 5.23. The molecule has 3 rings (SSSR count). The highest BCUT2D eigenvalue weighted by Gasteiger charge is 2.29. The summed E-state index contributed by atoms with van der Waals surface area (Å²) in [6.07, 6.45) is 1.35. The van der Waals surface area contributed by atoms with Crippen LogP contribution in [0.25, 0.3) is 10.9 Å². The normalized spacial score (nSPS) is 12.6. The Morgan fingerprint density at radius 2 is 1.93 bits per heavy atom. The highest BCUT2D eigenvalue weighted by Crippen LogP contribution is 2.40. The number of rotatable bonds is 5. The molecule has 0 fully saturated rings. The van der Waals surface area contributed by atoms with E-state index in [4.69, 9.17) is 4.74 Å². The lowest BCUT2D eigenvalue weighted by atomic mass is 9.90. The largest absolute Gasteiger partial charge is 0.479 e. The Morgan fingerprint density at radius 3 is 2.57 bits per heavy atom. The molecule has 0 aliphatic carbocycles. The lowest BCUT2D eigenvalue weighted by molar-refractivity contribution is -0.123. The van der Waals surface area contributed by atoms with Gasteiger partial charge in [0.15, 0.2) is 0 Å². The van der Waals surface area contributed by atoms with Crippen molar-refractivity contribution in [2.75, 3.05) is 12.4 Å². The number of methoxy groups -OCH3 is 1. The monoisotopic (exact) mass is 407 g/mol. The van der Waals surface area contributed by atoms with Crippen LogP contribution >= 0.6 is 0 Å². The van der Waals surface area contributed by atoms with E-state index < -0.39 is 11.5 Å². The summed E-state index contributed by atoms with van der Waals surface area (Å²) < 4.78 is 5.50. The molecule has 1 aromatic carbocycles. The van der Waals surface area contributed by atoms with E-state index in [2.05, 4.69) is 15.3 Å². The fraction of sp³-hybridized carbons (Fsp3) is 0.375. The van der Waals surface area contributed by atoms with Gasteiger partial charge < -0.3 is 15.2 Å². The first-order chi connectivity index (χ1) is 14.2. The molecule has 6 heteroatoms. The number of nitrogens with one attached hydrogen (secondary N) is 1. The summed E-state index contributed by atoms with van der Waals surface area (Å²) in [6.45, 7) is 9.40. The number of carbonyl (C=O) groups excluding carboxylic acids is 1. The third kappa shape index (κ3) is 4.00. The number of benzene rings is 1. The molecule has 0 aliphatic rings. The molecular weight excluding hydrogens is 378 g/mol. The molecule has 1 unspecified atom stereocenters. The average Bonchev–Trinajstić information content (AvgIpc) is 2.72. The van der Waals surface area contributed by atoms with E-state index in [1.807, 2.05) is 65.0 Å². The Kier molecular flexibility index (Phi) is 6.08. The van der Waals surface area contributed by atoms with E-state index in [0.717, 1.165) is 22.2 Å². The quantitative estimate of drug-likeness (QED) is 0.647.